The lowest BCUT2D eigenvalue weighted by molar-refractivity contribution is -0.384. The summed E-state index contributed by atoms with van der Waals surface area (Å²) in [6.45, 7) is -0.160. The number of aromatic nitrogens is 1. The highest BCUT2D eigenvalue weighted by atomic mass is 32.1. The summed E-state index contributed by atoms with van der Waals surface area (Å²) in [6.07, 6.45) is 1.50. The SMILES string of the molecule is O=C(Cn1ccccc1=O)NNC(=S)Nc1ccc([N+](=O)[O-])cc1. The van der Waals surface area contributed by atoms with Crippen LogP contribution in [0.25, 0.3) is 0 Å². The number of amides is 1. The minimum atomic E-state index is -0.508. The minimum absolute atomic E-state index is 0.0407. The van der Waals surface area contributed by atoms with E-state index in [9.17, 15) is 19.7 Å². The van der Waals surface area contributed by atoms with Gasteiger partial charge in [-0.2, -0.15) is 0 Å². The number of hydrogen-bond donors (Lipinski definition) is 3. The molecule has 124 valence electrons. The molecule has 2 aromatic rings. The van der Waals surface area contributed by atoms with Crippen LogP contribution in [-0.2, 0) is 11.3 Å². The van der Waals surface area contributed by atoms with Crippen LogP contribution in [0.15, 0.2) is 53.5 Å². The fourth-order valence-corrected chi connectivity index (χ4v) is 1.91. The van der Waals surface area contributed by atoms with Gasteiger partial charge in [-0.3, -0.25) is 30.6 Å². The number of nitro groups is 1. The average molecular weight is 347 g/mol. The zero-order valence-corrected chi connectivity index (χ0v) is 13.1. The number of rotatable bonds is 4. The molecule has 0 bridgehead atoms. The number of carbonyl (C=O) groups is 1. The maximum absolute atomic E-state index is 11.7. The van der Waals surface area contributed by atoms with Gasteiger partial charge in [-0.25, -0.2) is 0 Å². The average Bonchev–Trinajstić information content (AvgIpc) is 2.55. The summed E-state index contributed by atoms with van der Waals surface area (Å²) in [4.78, 5) is 33.3. The molecular formula is C14H13N5O4S. The first-order valence-electron chi connectivity index (χ1n) is 6.71. The van der Waals surface area contributed by atoms with Gasteiger partial charge in [0.2, 0.25) is 0 Å². The van der Waals surface area contributed by atoms with Crippen molar-refractivity contribution < 1.29 is 9.72 Å². The molecule has 0 unspecified atom stereocenters. The predicted octanol–water partition coefficient (Wildman–Crippen LogP) is 0.774. The highest BCUT2D eigenvalue weighted by molar-refractivity contribution is 7.80. The summed E-state index contributed by atoms with van der Waals surface area (Å²) in [5.74, 6) is -0.462. The summed E-state index contributed by atoms with van der Waals surface area (Å²) in [6, 6.07) is 10.2. The van der Waals surface area contributed by atoms with Crippen molar-refractivity contribution in [1.29, 1.82) is 0 Å². The molecule has 0 spiro atoms. The van der Waals surface area contributed by atoms with Gasteiger partial charge in [0.15, 0.2) is 5.11 Å². The van der Waals surface area contributed by atoms with E-state index < -0.39 is 10.8 Å². The standard InChI is InChI=1S/C14H13N5O4S/c20-12(9-18-8-2-1-3-13(18)21)16-17-14(24)15-10-4-6-11(7-5-10)19(22)23/h1-8H,9H2,(H,16,20)(H2,15,17,24). The van der Waals surface area contributed by atoms with Gasteiger partial charge in [0, 0.05) is 30.1 Å². The van der Waals surface area contributed by atoms with E-state index in [1.54, 1.807) is 12.1 Å². The van der Waals surface area contributed by atoms with E-state index in [-0.39, 0.29) is 22.9 Å². The molecule has 24 heavy (non-hydrogen) atoms. The van der Waals surface area contributed by atoms with E-state index in [1.165, 1.54) is 41.1 Å². The fourth-order valence-electron chi connectivity index (χ4n) is 1.74. The third-order valence-electron chi connectivity index (χ3n) is 2.86. The molecule has 0 aliphatic heterocycles. The Bertz CT molecular complexity index is 818. The largest absolute Gasteiger partial charge is 0.331 e. The predicted molar refractivity (Wildman–Crippen MR) is 91.3 cm³/mol. The third kappa shape index (κ3) is 4.88. The molecule has 0 aliphatic rings. The molecule has 0 saturated carbocycles. The maximum Gasteiger partial charge on any atom is 0.269 e. The Balaban J connectivity index is 1.82. The van der Waals surface area contributed by atoms with Gasteiger partial charge < -0.3 is 9.88 Å². The molecular weight excluding hydrogens is 334 g/mol. The molecule has 1 aromatic heterocycles. The van der Waals surface area contributed by atoms with E-state index >= 15 is 0 Å². The lowest BCUT2D eigenvalue weighted by atomic mass is 10.3. The lowest BCUT2D eigenvalue weighted by Gasteiger charge is -2.12. The van der Waals surface area contributed by atoms with Crippen LogP contribution in [0.1, 0.15) is 0 Å². The molecule has 1 aromatic carbocycles. The molecule has 0 atom stereocenters. The van der Waals surface area contributed by atoms with Crippen molar-refractivity contribution in [3.05, 3.63) is 69.1 Å². The molecule has 3 N–H and O–H groups in total. The van der Waals surface area contributed by atoms with Gasteiger partial charge in [-0.1, -0.05) is 6.07 Å². The number of nitrogens with one attached hydrogen (secondary N) is 3. The Labute approximate surface area is 141 Å². The van der Waals surface area contributed by atoms with Crippen LogP contribution >= 0.6 is 12.2 Å². The highest BCUT2D eigenvalue weighted by Crippen LogP contribution is 2.14. The second-order valence-electron chi connectivity index (χ2n) is 4.60. The molecule has 0 saturated heterocycles. The van der Waals surface area contributed by atoms with Gasteiger partial charge in [-0.05, 0) is 30.4 Å². The molecule has 1 amide bonds. The van der Waals surface area contributed by atoms with Gasteiger partial charge in [0.05, 0.1) is 4.92 Å². The summed E-state index contributed by atoms with van der Waals surface area (Å²) in [5.41, 5.74) is 5.01. The molecule has 10 heteroatoms. The monoisotopic (exact) mass is 347 g/mol. The molecule has 0 radical (unpaired) electrons. The number of nitro benzene ring substituents is 1. The minimum Gasteiger partial charge on any atom is -0.331 e. The van der Waals surface area contributed by atoms with Crippen LogP contribution in [0.2, 0.25) is 0 Å². The number of carbonyl (C=O) groups excluding carboxylic acids is 1. The van der Waals surface area contributed by atoms with Gasteiger partial charge in [0.1, 0.15) is 6.54 Å². The maximum atomic E-state index is 11.7. The van der Waals surface area contributed by atoms with Crippen molar-refractivity contribution in [2.75, 3.05) is 5.32 Å². The smallest absolute Gasteiger partial charge is 0.269 e. The Morgan fingerprint density at radius 2 is 1.88 bits per heavy atom. The van der Waals surface area contributed by atoms with Crippen LogP contribution in [0.4, 0.5) is 11.4 Å². The van der Waals surface area contributed by atoms with Crippen molar-refractivity contribution in [1.82, 2.24) is 15.4 Å². The van der Waals surface area contributed by atoms with Crippen LogP contribution in [0, 0.1) is 10.1 Å². The number of anilines is 1. The van der Waals surface area contributed by atoms with Crippen LogP contribution in [0.3, 0.4) is 0 Å². The summed E-state index contributed by atoms with van der Waals surface area (Å²) < 4.78 is 1.24. The molecule has 9 nitrogen and oxygen atoms in total. The first-order chi connectivity index (χ1) is 11.5. The summed E-state index contributed by atoms with van der Waals surface area (Å²) in [7, 11) is 0. The van der Waals surface area contributed by atoms with Crippen LogP contribution < -0.4 is 21.7 Å². The number of hydrogen-bond acceptors (Lipinski definition) is 5. The fraction of sp³-hybridized carbons (Fsp3) is 0.0714. The second kappa shape index (κ2) is 7.83. The second-order valence-corrected chi connectivity index (χ2v) is 5.01. The molecule has 0 fully saturated rings. The van der Waals surface area contributed by atoms with Crippen molar-refractivity contribution in [2.24, 2.45) is 0 Å². The number of non-ortho nitro benzene ring substituents is 1. The normalized spacial score (nSPS) is 9.83. The summed E-state index contributed by atoms with van der Waals surface area (Å²) >= 11 is 4.99. The van der Waals surface area contributed by atoms with Crippen LogP contribution in [0.5, 0.6) is 0 Å². The topological polar surface area (TPSA) is 118 Å². The Hall–Kier alpha value is -3.27. The van der Waals surface area contributed by atoms with Gasteiger partial charge >= 0.3 is 0 Å². The third-order valence-corrected chi connectivity index (χ3v) is 3.07. The number of thiocarbonyl (C=S) groups is 1. The molecule has 2 rings (SSSR count). The van der Waals surface area contributed by atoms with Crippen molar-refractivity contribution in [3.63, 3.8) is 0 Å². The van der Waals surface area contributed by atoms with Crippen molar-refractivity contribution in [2.45, 2.75) is 6.54 Å². The lowest BCUT2D eigenvalue weighted by Crippen LogP contribution is -2.45. The molecule has 0 aliphatic carbocycles. The zero-order chi connectivity index (χ0) is 17.5. The van der Waals surface area contributed by atoms with Crippen molar-refractivity contribution >= 4 is 34.6 Å². The Kier molecular flexibility index (Phi) is 5.58. The zero-order valence-electron chi connectivity index (χ0n) is 12.3. The number of pyridine rings is 1. The van der Waals surface area contributed by atoms with E-state index in [1.807, 2.05) is 0 Å². The van der Waals surface area contributed by atoms with E-state index in [2.05, 4.69) is 16.2 Å². The first kappa shape index (κ1) is 17.1. The first-order valence-corrected chi connectivity index (χ1v) is 7.12. The molecule has 1 heterocycles. The van der Waals surface area contributed by atoms with E-state index in [0.717, 1.165) is 0 Å². The Morgan fingerprint density at radius 3 is 2.50 bits per heavy atom. The van der Waals surface area contributed by atoms with E-state index in [0.29, 0.717) is 5.69 Å². The van der Waals surface area contributed by atoms with Gasteiger partial charge in [0.25, 0.3) is 17.2 Å². The number of benzene rings is 1. The quantitative estimate of drug-likeness (QED) is 0.425. The Morgan fingerprint density at radius 1 is 1.17 bits per heavy atom. The van der Waals surface area contributed by atoms with Gasteiger partial charge in [-0.15, -0.1) is 0 Å². The van der Waals surface area contributed by atoms with Crippen LogP contribution in [-0.4, -0.2) is 20.5 Å². The highest BCUT2D eigenvalue weighted by Gasteiger charge is 2.06. The number of nitrogens with zero attached hydrogens (tertiary/aromatic N) is 2. The van der Waals surface area contributed by atoms with E-state index in [4.69, 9.17) is 12.2 Å². The number of hydrazine groups is 1. The van der Waals surface area contributed by atoms with Crippen molar-refractivity contribution in [3.8, 4) is 0 Å². The summed E-state index contributed by atoms with van der Waals surface area (Å²) in [5, 5.41) is 13.4.